The van der Waals surface area contributed by atoms with Crippen molar-refractivity contribution in [1.82, 2.24) is 4.98 Å². The van der Waals surface area contributed by atoms with Crippen molar-refractivity contribution in [3.05, 3.63) is 66.2 Å². The molecule has 1 N–H and O–H groups in total. The highest BCUT2D eigenvalue weighted by Gasteiger charge is 1.97. The van der Waals surface area contributed by atoms with Crippen LogP contribution in [0.3, 0.4) is 0 Å². The number of benzene rings is 2. The highest BCUT2D eigenvalue weighted by atomic mass is 16.5. The Hall–Kier alpha value is -2.88. The molecular formula is C21H23N3O. The van der Waals surface area contributed by atoms with Crippen LogP contribution in [0.1, 0.15) is 31.7 Å². The first kappa shape index (κ1) is 17.0. The molecule has 1 aromatic heterocycles. The molecule has 3 aromatic rings. The van der Waals surface area contributed by atoms with E-state index in [4.69, 9.17) is 4.74 Å². The maximum Gasteiger partial charge on any atom is 0.146 e. The summed E-state index contributed by atoms with van der Waals surface area (Å²) in [5, 5.41) is 5.37. The number of hydrogen-bond acceptors (Lipinski definition) is 4. The predicted molar refractivity (Wildman–Crippen MR) is 104 cm³/mol. The van der Waals surface area contributed by atoms with Gasteiger partial charge in [0.25, 0.3) is 0 Å². The first-order valence-electron chi connectivity index (χ1n) is 8.73. The fraction of sp³-hybridized carbons (Fsp3) is 0.238. The lowest BCUT2D eigenvalue weighted by Gasteiger charge is -2.05. The van der Waals surface area contributed by atoms with Crippen molar-refractivity contribution >= 4 is 22.9 Å². The second kappa shape index (κ2) is 8.83. The molecule has 25 heavy (non-hydrogen) atoms. The van der Waals surface area contributed by atoms with Crippen molar-refractivity contribution in [3.63, 3.8) is 0 Å². The number of nitrogens with one attached hydrogen (secondary N) is 1. The third kappa shape index (κ3) is 5.05. The molecule has 0 amide bonds. The fourth-order valence-corrected chi connectivity index (χ4v) is 2.49. The Bertz CT molecular complexity index is 828. The van der Waals surface area contributed by atoms with Crippen LogP contribution in [0.15, 0.2) is 65.8 Å². The zero-order chi connectivity index (χ0) is 17.3. The minimum Gasteiger partial charge on any atom is -0.494 e. The van der Waals surface area contributed by atoms with E-state index in [0.717, 1.165) is 41.1 Å². The molecule has 0 aliphatic rings. The summed E-state index contributed by atoms with van der Waals surface area (Å²) in [6, 6.07) is 19.9. The number of ether oxygens (including phenoxy) is 1. The van der Waals surface area contributed by atoms with E-state index in [0.29, 0.717) is 0 Å². The fourth-order valence-electron chi connectivity index (χ4n) is 2.49. The van der Waals surface area contributed by atoms with E-state index in [-0.39, 0.29) is 0 Å². The van der Waals surface area contributed by atoms with E-state index in [9.17, 15) is 0 Å². The summed E-state index contributed by atoms with van der Waals surface area (Å²) in [4.78, 5) is 4.52. The quantitative estimate of drug-likeness (QED) is 0.348. The molecule has 4 heteroatoms. The molecule has 0 saturated heterocycles. The van der Waals surface area contributed by atoms with E-state index in [1.807, 2.05) is 60.7 Å². The molecule has 4 nitrogen and oxygen atoms in total. The molecule has 0 unspecified atom stereocenters. The van der Waals surface area contributed by atoms with Gasteiger partial charge in [-0.25, -0.2) is 4.98 Å². The Morgan fingerprint density at radius 3 is 2.68 bits per heavy atom. The van der Waals surface area contributed by atoms with Gasteiger partial charge in [0.1, 0.15) is 11.6 Å². The Kier molecular flexibility index (Phi) is 5.99. The Balaban J connectivity index is 1.54. The highest BCUT2D eigenvalue weighted by molar-refractivity contribution is 5.81. The van der Waals surface area contributed by atoms with Crippen molar-refractivity contribution in [2.75, 3.05) is 12.0 Å². The smallest absolute Gasteiger partial charge is 0.146 e. The van der Waals surface area contributed by atoms with Gasteiger partial charge in [0, 0.05) is 5.39 Å². The van der Waals surface area contributed by atoms with Crippen molar-refractivity contribution in [2.24, 2.45) is 5.10 Å². The highest BCUT2D eigenvalue weighted by Crippen LogP contribution is 2.15. The standard InChI is InChI=1S/C21H23N3O/c1-2-3-6-15-25-19-12-9-17(10-13-19)16-22-24-21-14-11-18-7-4-5-8-20(18)23-21/h4-5,7-14,16H,2-3,6,15H2,1H3,(H,23,24). The number of anilines is 1. The maximum atomic E-state index is 5.71. The molecule has 0 fully saturated rings. The van der Waals surface area contributed by atoms with Gasteiger partial charge in [0.15, 0.2) is 0 Å². The first-order chi connectivity index (χ1) is 12.3. The van der Waals surface area contributed by atoms with Crippen LogP contribution < -0.4 is 10.2 Å². The van der Waals surface area contributed by atoms with E-state index in [1.54, 1.807) is 6.21 Å². The van der Waals surface area contributed by atoms with Crippen LogP contribution in [0.5, 0.6) is 5.75 Å². The molecule has 0 aliphatic heterocycles. The molecule has 128 valence electrons. The van der Waals surface area contributed by atoms with E-state index in [1.165, 1.54) is 12.8 Å². The Morgan fingerprint density at radius 1 is 1.00 bits per heavy atom. The van der Waals surface area contributed by atoms with Gasteiger partial charge in [-0.05, 0) is 54.4 Å². The molecule has 2 aromatic carbocycles. The summed E-state index contributed by atoms with van der Waals surface area (Å²) in [5.41, 5.74) is 4.93. The SMILES string of the molecule is CCCCCOc1ccc(C=NNc2ccc3ccccc3n2)cc1. The number of para-hydroxylation sites is 1. The van der Waals surface area contributed by atoms with Gasteiger partial charge in [-0.15, -0.1) is 0 Å². The van der Waals surface area contributed by atoms with Crippen molar-refractivity contribution < 1.29 is 4.74 Å². The zero-order valence-corrected chi connectivity index (χ0v) is 14.5. The third-order valence-electron chi connectivity index (χ3n) is 3.89. The number of fused-ring (bicyclic) bond motifs is 1. The van der Waals surface area contributed by atoms with Crippen LogP contribution >= 0.6 is 0 Å². The lowest BCUT2D eigenvalue weighted by Crippen LogP contribution is -1.97. The number of rotatable bonds is 8. The summed E-state index contributed by atoms with van der Waals surface area (Å²) in [7, 11) is 0. The van der Waals surface area contributed by atoms with Gasteiger partial charge in [0.2, 0.25) is 0 Å². The summed E-state index contributed by atoms with van der Waals surface area (Å²) in [6.45, 7) is 2.96. The van der Waals surface area contributed by atoms with Crippen molar-refractivity contribution in [2.45, 2.75) is 26.2 Å². The number of pyridine rings is 1. The van der Waals surface area contributed by atoms with E-state index in [2.05, 4.69) is 22.4 Å². The zero-order valence-electron chi connectivity index (χ0n) is 14.5. The molecule has 0 atom stereocenters. The molecule has 0 aliphatic carbocycles. The van der Waals surface area contributed by atoms with Crippen LogP contribution in [0, 0.1) is 0 Å². The predicted octanol–water partition coefficient (Wildman–Crippen LogP) is 5.25. The van der Waals surface area contributed by atoms with Crippen molar-refractivity contribution in [1.29, 1.82) is 0 Å². The lowest BCUT2D eigenvalue weighted by atomic mass is 10.2. The summed E-state index contributed by atoms with van der Waals surface area (Å²) in [5.74, 6) is 1.63. The lowest BCUT2D eigenvalue weighted by molar-refractivity contribution is 0.306. The largest absolute Gasteiger partial charge is 0.494 e. The monoisotopic (exact) mass is 333 g/mol. The van der Waals surface area contributed by atoms with Crippen LogP contribution in [0.4, 0.5) is 5.82 Å². The van der Waals surface area contributed by atoms with Gasteiger partial charge in [0.05, 0.1) is 18.3 Å². The van der Waals surface area contributed by atoms with Gasteiger partial charge in [-0.1, -0.05) is 38.0 Å². The Morgan fingerprint density at radius 2 is 1.84 bits per heavy atom. The number of aromatic nitrogens is 1. The van der Waals surface area contributed by atoms with Gasteiger partial charge >= 0.3 is 0 Å². The van der Waals surface area contributed by atoms with E-state index >= 15 is 0 Å². The number of nitrogens with zero attached hydrogens (tertiary/aromatic N) is 2. The first-order valence-corrected chi connectivity index (χ1v) is 8.73. The summed E-state index contributed by atoms with van der Waals surface area (Å²) in [6.07, 6.45) is 5.29. The second-order valence-corrected chi connectivity index (χ2v) is 5.88. The average Bonchev–Trinajstić information content (AvgIpc) is 2.66. The summed E-state index contributed by atoms with van der Waals surface area (Å²) < 4.78 is 5.71. The van der Waals surface area contributed by atoms with Gasteiger partial charge in [-0.3, -0.25) is 5.43 Å². The van der Waals surface area contributed by atoms with Crippen molar-refractivity contribution in [3.8, 4) is 5.75 Å². The number of unbranched alkanes of at least 4 members (excludes halogenated alkanes) is 2. The van der Waals surface area contributed by atoms with Crippen LogP contribution in [-0.2, 0) is 0 Å². The van der Waals surface area contributed by atoms with Crippen LogP contribution in [-0.4, -0.2) is 17.8 Å². The number of hydrogen-bond donors (Lipinski definition) is 1. The minimum absolute atomic E-state index is 0.728. The molecule has 1 heterocycles. The molecule has 3 rings (SSSR count). The molecule has 0 bridgehead atoms. The van der Waals surface area contributed by atoms with E-state index < -0.39 is 0 Å². The normalized spacial score (nSPS) is 11.1. The maximum absolute atomic E-state index is 5.71. The van der Waals surface area contributed by atoms with Gasteiger partial charge < -0.3 is 4.74 Å². The molecule has 0 spiro atoms. The van der Waals surface area contributed by atoms with Crippen LogP contribution in [0.2, 0.25) is 0 Å². The second-order valence-electron chi connectivity index (χ2n) is 5.88. The molecule has 0 radical (unpaired) electrons. The number of hydrazone groups is 1. The Labute approximate surface area is 148 Å². The topological polar surface area (TPSA) is 46.5 Å². The van der Waals surface area contributed by atoms with Crippen LogP contribution in [0.25, 0.3) is 10.9 Å². The third-order valence-corrected chi connectivity index (χ3v) is 3.89. The average molecular weight is 333 g/mol. The van der Waals surface area contributed by atoms with Gasteiger partial charge in [-0.2, -0.15) is 5.10 Å². The molecule has 0 saturated carbocycles. The minimum atomic E-state index is 0.728. The molecular weight excluding hydrogens is 310 g/mol. The summed E-state index contributed by atoms with van der Waals surface area (Å²) >= 11 is 0.